The van der Waals surface area contributed by atoms with Crippen LogP contribution in [0.3, 0.4) is 0 Å². The van der Waals surface area contributed by atoms with E-state index >= 15 is 0 Å². The van der Waals surface area contributed by atoms with Crippen molar-refractivity contribution in [2.45, 2.75) is 51.6 Å². The molecule has 0 saturated carbocycles. The summed E-state index contributed by atoms with van der Waals surface area (Å²) in [6.07, 6.45) is 2.39. The van der Waals surface area contributed by atoms with E-state index in [1.165, 1.54) is 4.68 Å². The van der Waals surface area contributed by atoms with Gasteiger partial charge in [-0.05, 0) is 43.3 Å². The van der Waals surface area contributed by atoms with Gasteiger partial charge in [-0.25, -0.2) is 4.68 Å². The van der Waals surface area contributed by atoms with Crippen molar-refractivity contribution in [3.8, 4) is 0 Å². The van der Waals surface area contributed by atoms with Gasteiger partial charge in [0, 0.05) is 30.4 Å². The highest BCUT2D eigenvalue weighted by Crippen LogP contribution is 2.26. The number of carbonyl (C=O) groups excluding carboxylic acids is 1. The Bertz CT molecular complexity index is 1160. The van der Waals surface area contributed by atoms with Crippen LogP contribution < -0.4 is 10.9 Å². The first-order valence-electron chi connectivity index (χ1n) is 11.0. The van der Waals surface area contributed by atoms with Crippen LogP contribution in [0.5, 0.6) is 0 Å². The van der Waals surface area contributed by atoms with E-state index in [1.807, 2.05) is 35.8 Å². The van der Waals surface area contributed by atoms with Crippen LogP contribution in [-0.2, 0) is 16.1 Å². The fourth-order valence-electron chi connectivity index (χ4n) is 4.20. The molecule has 11 heteroatoms. The van der Waals surface area contributed by atoms with Crippen LogP contribution in [0.25, 0.3) is 15.7 Å². The van der Waals surface area contributed by atoms with Crippen LogP contribution in [0.4, 0.5) is 4.39 Å². The number of aromatic nitrogens is 3. The average molecular weight is 480 g/mol. The maximum absolute atomic E-state index is 13.0. The minimum atomic E-state index is -0.319. The Morgan fingerprint density at radius 2 is 2.21 bits per heavy atom. The van der Waals surface area contributed by atoms with E-state index < -0.39 is 0 Å². The number of rotatable bonds is 7. The Kier molecular flexibility index (Phi) is 8.56. The Morgan fingerprint density at radius 1 is 1.45 bits per heavy atom. The molecular weight excluding hydrogens is 449 g/mol. The lowest BCUT2D eigenvalue weighted by Gasteiger charge is -2.33. The number of amides is 1. The fourth-order valence-corrected chi connectivity index (χ4v) is 5.11. The van der Waals surface area contributed by atoms with Gasteiger partial charge in [-0.15, -0.1) is 11.3 Å². The van der Waals surface area contributed by atoms with Gasteiger partial charge in [0.2, 0.25) is 5.91 Å². The summed E-state index contributed by atoms with van der Waals surface area (Å²) in [5.41, 5.74) is 0.296. The van der Waals surface area contributed by atoms with Gasteiger partial charge in [0.25, 0.3) is 12.0 Å². The molecular formula is C22H30FN5O4S. The molecule has 180 valence electrons. The molecule has 1 aliphatic heterocycles. The van der Waals surface area contributed by atoms with Gasteiger partial charge in [0.15, 0.2) is 0 Å². The van der Waals surface area contributed by atoms with Gasteiger partial charge in [-0.2, -0.15) is 5.10 Å². The van der Waals surface area contributed by atoms with Crippen LogP contribution >= 0.6 is 11.3 Å². The first kappa shape index (κ1) is 24.8. The van der Waals surface area contributed by atoms with Crippen molar-refractivity contribution in [3.63, 3.8) is 0 Å². The van der Waals surface area contributed by atoms with E-state index in [9.17, 15) is 14.0 Å². The molecule has 2 N–H and O–H groups in total. The number of piperidine rings is 1. The van der Waals surface area contributed by atoms with Crippen molar-refractivity contribution >= 4 is 39.4 Å². The van der Waals surface area contributed by atoms with Crippen LogP contribution in [-0.4, -0.2) is 68.9 Å². The zero-order valence-electron chi connectivity index (χ0n) is 18.9. The zero-order chi connectivity index (χ0) is 24.0. The highest BCUT2D eigenvalue weighted by molar-refractivity contribution is 7.16. The maximum atomic E-state index is 13.0. The zero-order valence-corrected chi connectivity index (χ0v) is 19.7. The summed E-state index contributed by atoms with van der Waals surface area (Å²) in [6, 6.07) is 3.89. The summed E-state index contributed by atoms with van der Waals surface area (Å²) in [5.74, 6) is 0.654. The summed E-state index contributed by atoms with van der Waals surface area (Å²) in [7, 11) is 0. The normalized spacial score (nSPS) is 16.7. The third kappa shape index (κ3) is 5.77. The molecule has 4 heterocycles. The highest BCUT2D eigenvalue weighted by Gasteiger charge is 2.23. The maximum Gasteiger partial charge on any atom is 0.291 e. The van der Waals surface area contributed by atoms with Gasteiger partial charge >= 0.3 is 0 Å². The second-order valence-corrected chi connectivity index (χ2v) is 9.27. The third-order valence-corrected chi connectivity index (χ3v) is 6.52. The van der Waals surface area contributed by atoms with Gasteiger partial charge in [0.05, 0.1) is 6.67 Å². The lowest BCUT2D eigenvalue weighted by atomic mass is 10.1. The third-order valence-electron chi connectivity index (χ3n) is 5.60. The quantitative estimate of drug-likeness (QED) is 0.504. The van der Waals surface area contributed by atoms with E-state index in [2.05, 4.69) is 15.3 Å². The van der Waals surface area contributed by atoms with Crippen LogP contribution in [0.15, 0.2) is 22.3 Å². The second-order valence-electron chi connectivity index (χ2n) is 8.38. The number of thiophene rings is 1. The molecule has 0 aromatic carbocycles. The fraction of sp³-hybridized carbons (Fsp3) is 0.545. The molecule has 0 bridgehead atoms. The Morgan fingerprint density at radius 3 is 2.91 bits per heavy atom. The molecule has 1 fully saturated rings. The van der Waals surface area contributed by atoms with Crippen molar-refractivity contribution < 1.29 is 19.1 Å². The van der Waals surface area contributed by atoms with Gasteiger partial charge in [-0.3, -0.25) is 23.2 Å². The Hall–Kier alpha value is -2.79. The average Bonchev–Trinajstić information content (AvgIpc) is 3.37. The number of carbonyl (C=O) groups is 2. The summed E-state index contributed by atoms with van der Waals surface area (Å²) in [5, 5.41) is 17.5. The molecule has 0 unspecified atom stereocenters. The largest absolute Gasteiger partial charge is 0.483 e. The van der Waals surface area contributed by atoms with E-state index in [0.29, 0.717) is 18.5 Å². The number of carboxylic acid groups (broad SMARTS) is 1. The number of nitrogens with zero attached hydrogens (tertiary/aromatic N) is 4. The smallest absolute Gasteiger partial charge is 0.291 e. The van der Waals surface area contributed by atoms with Crippen molar-refractivity contribution in [3.05, 3.63) is 33.7 Å². The van der Waals surface area contributed by atoms with Gasteiger partial charge in [0.1, 0.15) is 22.7 Å². The lowest BCUT2D eigenvalue weighted by molar-refractivity contribution is -0.123. The molecule has 0 aliphatic carbocycles. The highest BCUT2D eigenvalue weighted by atomic mass is 32.1. The molecule has 3 aromatic rings. The molecule has 33 heavy (non-hydrogen) atoms. The Labute approximate surface area is 194 Å². The molecule has 0 spiro atoms. The van der Waals surface area contributed by atoms with Gasteiger partial charge in [-0.1, -0.05) is 13.8 Å². The van der Waals surface area contributed by atoms with Crippen LogP contribution in [0, 0.1) is 0 Å². The van der Waals surface area contributed by atoms with Crippen molar-refractivity contribution in [2.75, 3.05) is 26.3 Å². The minimum Gasteiger partial charge on any atom is -0.483 e. The van der Waals surface area contributed by atoms with Crippen LogP contribution in [0.2, 0.25) is 0 Å². The monoisotopic (exact) mass is 479 g/mol. The molecule has 0 radical (unpaired) electrons. The van der Waals surface area contributed by atoms with Crippen LogP contribution in [0.1, 0.15) is 44.9 Å². The molecule has 1 aliphatic rings. The molecule has 1 saturated heterocycles. The number of nitrogens with one attached hydrogen (secondary N) is 1. The standard InChI is InChI=1S/C21H28FN5O2S.CH2O2/c1-14(2)19-24-26(20(29)17-11-15-6-10-30-21(15)27(17)19)13-18(28)23-16-5-3-8-25(12-16)9-4-7-22;2-1-3/h6,10-11,14,16H,3-5,7-9,12-13H2,1-2H3,(H,23,28);1H,(H,2,3)/t16-;/m1./s1. The molecule has 1 amide bonds. The van der Waals surface area contributed by atoms with E-state index in [1.54, 1.807) is 11.3 Å². The summed E-state index contributed by atoms with van der Waals surface area (Å²) in [6.45, 7) is 5.76. The summed E-state index contributed by atoms with van der Waals surface area (Å²) >= 11 is 1.58. The van der Waals surface area contributed by atoms with E-state index in [4.69, 9.17) is 9.90 Å². The number of hydrogen-bond acceptors (Lipinski definition) is 6. The molecule has 1 atom stereocenters. The van der Waals surface area contributed by atoms with E-state index in [-0.39, 0.29) is 43.1 Å². The minimum absolute atomic E-state index is 0.0218. The first-order valence-corrected chi connectivity index (χ1v) is 11.9. The first-order chi connectivity index (χ1) is 15.9. The number of halogens is 1. The summed E-state index contributed by atoms with van der Waals surface area (Å²) in [4.78, 5) is 37.3. The molecule has 3 aromatic heterocycles. The predicted octanol–water partition coefficient (Wildman–Crippen LogP) is 2.48. The predicted molar refractivity (Wildman–Crippen MR) is 126 cm³/mol. The van der Waals surface area contributed by atoms with Gasteiger partial charge < -0.3 is 15.3 Å². The second kappa shape index (κ2) is 11.4. The van der Waals surface area contributed by atoms with Crippen molar-refractivity contribution in [1.29, 1.82) is 0 Å². The number of likely N-dealkylation sites (tertiary alicyclic amines) is 1. The molecule has 4 rings (SSSR count). The SMILES string of the molecule is CC(C)c1nn(CC(=O)N[C@@H]2CCCN(CCCF)C2)c(=O)c2cc3ccsc3n12.O=CO. The van der Waals surface area contributed by atoms with Crippen molar-refractivity contribution in [1.82, 2.24) is 24.4 Å². The Balaban J connectivity index is 0.000000968. The number of hydrogen-bond donors (Lipinski definition) is 2. The summed E-state index contributed by atoms with van der Waals surface area (Å²) < 4.78 is 15.7. The topological polar surface area (TPSA) is 109 Å². The van der Waals surface area contributed by atoms with Crippen molar-refractivity contribution in [2.24, 2.45) is 0 Å². The lowest BCUT2D eigenvalue weighted by Crippen LogP contribution is -2.49. The van der Waals surface area contributed by atoms with E-state index in [0.717, 1.165) is 42.0 Å². The number of alkyl halides is 1. The number of fused-ring (bicyclic) bond motifs is 3. The molecule has 9 nitrogen and oxygen atoms in total.